The number of benzene rings is 1. The number of hydrogen-bond donors (Lipinski definition) is 1. The summed E-state index contributed by atoms with van der Waals surface area (Å²) < 4.78 is 12.9. The van der Waals surface area contributed by atoms with Gasteiger partial charge in [0.1, 0.15) is 11.3 Å². The Labute approximate surface area is 189 Å². The lowest BCUT2D eigenvalue weighted by molar-refractivity contribution is -0.120. The summed E-state index contributed by atoms with van der Waals surface area (Å²) in [4.78, 5) is 22.8. The number of ether oxygens (including phenoxy) is 1. The molecule has 2 fully saturated rings. The first kappa shape index (κ1) is 19.7. The molecule has 2 bridgehead atoms. The molecule has 6 rings (SSSR count). The lowest BCUT2D eigenvalue weighted by atomic mass is 9.96. The van der Waals surface area contributed by atoms with Crippen molar-refractivity contribution in [2.24, 2.45) is 0 Å². The maximum absolute atomic E-state index is 11.5. The molecule has 5 heterocycles. The van der Waals surface area contributed by atoms with Gasteiger partial charge in [0, 0.05) is 54.8 Å². The summed E-state index contributed by atoms with van der Waals surface area (Å²) in [5, 5.41) is 4.81. The van der Waals surface area contributed by atoms with Crippen LogP contribution in [0.3, 0.4) is 0 Å². The molecular formula is C24H24N4O3S. The molecule has 0 unspecified atom stereocenters. The average Bonchev–Trinajstić information content (AvgIpc) is 3.42. The van der Waals surface area contributed by atoms with Crippen molar-refractivity contribution in [3.8, 4) is 10.9 Å². The first-order valence-electron chi connectivity index (χ1n) is 11.0. The highest BCUT2D eigenvalue weighted by Gasteiger charge is 2.41. The first-order valence-corrected chi connectivity index (χ1v) is 11.9. The maximum Gasteiger partial charge on any atom is 0.281 e. The maximum atomic E-state index is 11.5. The van der Waals surface area contributed by atoms with E-state index in [1.165, 1.54) is 29.7 Å². The van der Waals surface area contributed by atoms with Crippen molar-refractivity contribution in [2.45, 2.75) is 57.3 Å². The number of furan rings is 1. The van der Waals surface area contributed by atoms with Gasteiger partial charge in [-0.25, -0.2) is 4.98 Å². The summed E-state index contributed by atoms with van der Waals surface area (Å²) in [5.74, 6) is 0.775. The number of amides is 1. The predicted octanol–water partition coefficient (Wildman–Crippen LogP) is 4.86. The minimum atomic E-state index is 0.0730. The van der Waals surface area contributed by atoms with Crippen molar-refractivity contribution in [1.82, 2.24) is 20.2 Å². The third kappa shape index (κ3) is 3.63. The molecule has 0 radical (unpaired) electrons. The van der Waals surface area contributed by atoms with E-state index in [1.807, 2.05) is 30.5 Å². The summed E-state index contributed by atoms with van der Waals surface area (Å²) in [5.41, 5.74) is 2.72. The van der Waals surface area contributed by atoms with Crippen molar-refractivity contribution >= 4 is 38.6 Å². The van der Waals surface area contributed by atoms with E-state index < -0.39 is 0 Å². The van der Waals surface area contributed by atoms with Gasteiger partial charge >= 0.3 is 0 Å². The van der Waals surface area contributed by atoms with Crippen LogP contribution in [-0.4, -0.2) is 38.9 Å². The predicted molar refractivity (Wildman–Crippen MR) is 123 cm³/mol. The second-order valence-electron chi connectivity index (χ2n) is 8.75. The Balaban J connectivity index is 1.18. The first-order chi connectivity index (χ1) is 15.6. The zero-order valence-electron chi connectivity index (χ0n) is 17.8. The number of fused-ring (bicyclic) bond motifs is 4. The molecule has 0 saturated carbocycles. The fourth-order valence-corrected chi connectivity index (χ4v) is 6.07. The molecule has 1 aromatic carbocycles. The Kier molecular flexibility index (Phi) is 4.84. The number of aromatic nitrogens is 2. The highest BCUT2D eigenvalue weighted by Crippen LogP contribution is 2.38. The number of pyridine rings is 1. The van der Waals surface area contributed by atoms with Gasteiger partial charge in [0.15, 0.2) is 5.65 Å². The Bertz CT molecular complexity index is 1250. The molecule has 4 aromatic rings. The third-order valence-electron chi connectivity index (χ3n) is 6.62. The topological polar surface area (TPSA) is 80.5 Å². The molecule has 2 aliphatic rings. The van der Waals surface area contributed by atoms with Crippen LogP contribution in [0, 0.1) is 0 Å². The van der Waals surface area contributed by atoms with Crippen molar-refractivity contribution < 1.29 is 13.9 Å². The quantitative estimate of drug-likeness (QED) is 0.470. The summed E-state index contributed by atoms with van der Waals surface area (Å²) >= 11 is 1.48. The number of piperidine rings is 1. The van der Waals surface area contributed by atoms with Crippen LogP contribution in [-0.2, 0) is 11.3 Å². The Morgan fingerprint density at radius 3 is 2.91 bits per heavy atom. The fourth-order valence-electron chi connectivity index (χ4n) is 5.28. The van der Waals surface area contributed by atoms with Crippen molar-refractivity contribution in [3.05, 3.63) is 48.4 Å². The molecular weight excluding hydrogens is 424 g/mol. The molecule has 8 heteroatoms. The summed E-state index contributed by atoms with van der Waals surface area (Å²) in [6.45, 7) is 2.48. The third-order valence-corrected chi connectivity index (χ3v) is 7.51. The molecule has 164 valence electrons. The molecule has 0 spiro atoms. The Morgan fingerprint density at radius 2 is 2.12 bits per heavy atom. The Morgan fingerprint density at radius 1 is 1.28 bits per heavy atom. The van der Waals surface area contributed by atoms with Gasteiger partial charge in [0.05, 0.1) is 11.0 Å². The van der Waals surface area contributed by atoms with Crippen LogP contribution in [0.2, 0.25) is 0 Å². The van der Waals surface area contributed by atoms with Gasteiger partial charge in [-0.05, 0) is 49.9 Å². The van der Waals surface area contributed by atoms with Gasteiger partial charge in [-0.3, -0.25) is 9.69 Å². The van der Waals surface area contributed by atoms with Crippen LogP contribution in [0.15, 0.2) is 47.2 Å². The molecule has 3 atom stereocenters. The van der Waals surface area contributed by atoms with E-state index in [9.17, 15) is 4.79 Å². The molecule has 1 amide bonds. The van der Waals surface area contributed by atoms with E-state index in [1.54, 1.807) is 13.1 Å². The summed E-state index contributed by atoms with van der Waals surface area (Å²) in [7, 11) is 0. The summed E-state index contributed by atoms with van der Waals surface area (Å²) in [6, 6.07) is 11.2. The van der Waals surface area contributed by atoms with Crippen molar-refractivity contribution in [3.63, 3.8) is 0 Å². The average molecular weight is 449 g/mol. The normalized spacial score (nSPS) is 23.1. The van der Waals surface area contributed by atoms with Crippen LogP contribution >= 0.6 is 11.3 Å². The van der Waals surface area contributed by atoms with E-state index in [0.29, 0.717) is 34.7 Å². The smallest absolute Gasteiger partial charge is 0.281 e. The lowest BCUT2D eigenvalue weighted by Crippen LogP contribution is -2.49. The van der Waals surface area contributed by atoms with Crippen LogP contribution in [0.4, 0.5) is 0 Å². The standard InChI is InChI=1S/C24H24N4O3S/c1-14(29)26-16-9-17-4-5-18(10-16)28(17)12-15-13-30-21-11-19(6-7-20(15)21)31-24-27-23-22(32-24)3-2-8-25-23/h2-3,6-8,11,13,16-18H,4-5,9-10,12H2,1H3,(H,26,29)/t16-,17+,18-. The number of nitrogens with zero attached hydrogens (tertiary/aromatic N) is 3. The van der Waals surface area contributed by atoms with Gasteiger partial charge in [0.25, 0.3) is 5.19 Å². The molecule has 32 heavy (non-hydrogen) atoms. The molecule has 1 N–H and O–H groups in total. The lowest BCUT2D eigenvalue weighted by Gasteiger charge is -2.39. The highest BCUT2D eigenvalue weighted by atomic mass is 32.1. The SMILES string of the molecule is CC(=O)N[C@H]1C[C@H]2CC[C@@H](C1)N2Cc1coc2cc(Oc3nc4ncccc4s3)ccc12. The fraction of sp³-hybridized carbons (Fsp3) is 0.375. The van der Waals surface area contributed by atoms with E-state index in [-0.39, 0.29) is 5.91 Å². The van der Waals surface area contributed by atoms with Gasteiger partial charge < -0.3 is 14.5 Å². The number of thiazole rings is 1. The van der Waals surface area contributed by atoms with Crippen LogP contribution in [0.25, 0.3) is 21.3 Å². The minimum Gasteiger partial charge on any atom is -0.464 e. The van der Waals surface area contributed by atoms with Crippen LogP contribution in [0.1, 0.15) is 38.2 Å². The van der Waals surface area contributed by atoms with Gasteiger partial charge in [0.2, 0.25) is 5.91 Å². The van der Waals surface area contributed by atoms with Gasteiger partial charge in [-0.15, -0.1) is 0 Å². The molecule has 7 nitrogen and oxygen atoms in total. The molecule has 2 aliphatic heterocycles. The second-order valence-corrected chi connectivity index (χ2v) is 9.75. The van der Waals surface area contributed by atoms with Crippen LogP contribution < -0.4 is 10.1 Å². The number of hydrogen-bond acceptors (Lipinski definition) is 7. The van der Waals surface area contributed by atoms with Crippen molar-refractivity contribution in [2.75, 3.05) is 0 Å². The molecule has 3 aromatic heterocycles. The van der Waals surface area contributed by atoms with E-state index in [0.717, 1.165) is 35.1 Å². The number of carbonyl (C=O) groups excluding carboxylic acids is 1. The number of rotatable bonds is 5. The van der Waals surface area contributed by atoms with Gasteiger partial charge in [-0.2, -0.15) is 4.98 Å². The molecule has 2 saturated heterocycles. The van der Waals surface area contributed by atoms with Gasteiger partial charge in [-0.1, -0.05) is 11.3 Å². The monoisotopic (exact) mass is 448 g/mol. The largest absolute Gasteiger partial charge is 0.464 e. The number of carbonyl (C=O) groups is 1. The highest BCUT2D eigenvalue weighted by molar-refractivity contribution is 7.20. The van der Waals surface area contributed by atoms with E-state index >= 15 is 0 Å². The minimum absolute atomic E-state index is 0.0730. The van der Waals surface area contributed by atoms with E-state index in [2.05, 4.69) is 26.3 Å². The van der Waals surface area contributed by atoms with E-state index in [4.69, 9.17) is 9.15 Å². The molecule has 0 aliphatic carbocycles. The summed E-state index contributed by atoms with van der Waals surface area (Å²) in [6.07, 6.45) is 8.06. The zero-order chi connectivity index (χ0) is 21.7. The zero-order valence-corrected chi connectivity index (χ0v) is 18.6. The Hall–Kier alpha value is -2.97. The second kappa shape index (κ2) is 7.86. The van der Waals surface area contributed by atoms with Crippen molar-refractivity contribution in [1.29, 1.82) is 0 Å². The number of nitrogens with one attached hydrogen (secondary N) is 1. The van der Waals surface area contributed by atoms with Crippen LogP contribution in [0.5, 0.6) is 10.9 Å².